The number of ether oxygens (including phenoxy) is 2. The van der Waals surface area contributed by atoms with E-state index in [0.717, 1.165) is 29.8 Å². The molecule has 0 saturated carbocycles. The fraction of sp³-hybridized carbons (Fsp3) is 0.550. The Morgan fingerprint density at radius 2 is 2.08 bits per heavy atom. The van der Waals surface area contributed by atoms with E-state index in [1.165, 1.54) is 0 Å². The number of esters is 1. The average Bonchev–Trinajstić information content (AvgIpc) is 2.45. The van der Waals surface area contributed by atoms with Gasteiger partial charge in [-0.05, 0) is 70.4 Å². The van der Waals surface area contributed by atoms with Gasteiger partial charge in [0, 0.05) is 6.42 Å². The van der Waals surface area contributed by atoms with Crippen molar-refractivity contribution in [1.29, 1.82) is 0 Å². The molecule has 0 spiro atoms. The largest absolute Gasteiger partial charge is 0.491 e. The van der Waals surface area contributed by atoms with E-state index in [1.54, 1.807) is 6.20 Å². The van der Waals surface area contributed by atoms with Gasteiger partial charge in [0.2, 0.25) is 0 Å². The normalized spacial score (nSPS) is 12.4. The molecule has 1 aromatic rings. The van der Waals surface area contributed by atoms with Gasteiger partial charge < -0.3 is 14.8 Å². The third kappa shape index (κ3) is 8.04. The minimum atomic E-state index is -0.411. The molecule has 0 unspecified atom stereocenters. The first-order chi connectivity index (χ1) is 11.2. The van der Waals surface area contributed by atoms with Gasteiger partial charge >= 0.3 is 5.97 Å². The highest BCUT2D eigenvalue weighted by molar-refractivity contribution is 5.69. The monoisotopic (exact) mass is 333 g/mol. The number of hydrogen-bond acceptors (Lipinski definition) is 4. The lowest BCUT2D eigenvalue weighted by molar-refractivity contribution is -0.154. The maximum Gasteiger partial charge on any atom is 0.306 e. The second-order valence-electron chi connectivity index (χ2n) is 7.24. The van der Waals surface area contributed by atoms with Crippen LogP contribution in [0.2, 0.25) is 0 Å². The molecule has 4 heteroatoms. The molecule has 0 aliphatic heterocycles. The van der Waals surface area contributed by atoms with E-state index in [0.29, 0.717) is 18.9 Å². The second-order valence-corrected chi connectivity index (χ2v) is 7.24. The predicted molar refractivity (Wildman–Crippen MR) is 99.4 cm³/mol. The predicted octanol–water partition coefficient (Wildman–Crippen LogP) is 5.08. The first-order valence-electron chi connectivity index (χ1n) is 8.54. The minimum Gasteiger partial charge on any atom is -0.491 e. The summed E-state index contributed by atoms with van der Waals surface area (Å²) >= 11 is 0. The topological polar surface area (TPSA) is 47.6 Å². The summed E-state index contributed by atoms with van der Waals surface area (Å²) in [5.74, 6) is 1.06. The maximum absolute atomic E-state index is 11.7. The van der Waals surface area contributed by atoms with Gasteiger partial charge in [-0.25, -0.2) is 0 Å². The van der Waals surface area contributed by atoms with Crippen molar-refractivity contribution in [3.05, 3.63) is 36.5 Å². The van der Waals surface area contributed by atoms with E-state index in [4.69, 9.17) is 9.47 Å². The van der Waals surface area contributed by atoms with E-state index in [2.05, 4.69) is 18.8 Å². The third-order valence-electron chi connectivity index (χ3n) is 3.42. The smallest absolute Gasteiger partial charge is 0.306 e. The van der Waals surface area contributed by atoms with Crippen molar-refractivity contribution >= 4 is 11.7 Å². The van der Waals surface area contributed by atoms with Crippen molar-refractivity contribution < 1.29 is 14.3 Å². The van der Waals surface area contributed by atoms with E-state index in [1.807, 2.05) is 45.9 Å². The summed E-state index contributed by atoms with van der Waals surface area (Å²) in [6.45, 7) is 14.1. The summed E-state index contributed by atoms with van der Waals surface area (Å²) in [4.78, 5) is 11.7. The fourth-order valence-electron chi connectivity index (χ4n) is 2.28. The lowest BCUT2D eigenvalue weighted by atomic mass is 10.1. The summed E-state index contributed by atoms with van der Waals surface area (Å²) < 4.78 is 11.3. The Labute approximate surface area is 146 Å². The fourth-order valence-corrected chi connectivity index (χ4v) is 2.28. The SMILES string of the molecule is C=CNc1ccc(C)cc1OC[C@@H](C)CCCC(=O)OC(C)(C)C. The molecule has 1 N–H and O–H groups in total. The van der Waals surface area contributed by atoms with Crippen molar-refractivity contribution in [1.82, 2.24) is 0 Å². The molecule has 0 aliphatic carbocycles. The number of nitrogens with one attached hydrogen (secondary N) is 1. The molecule has 0 radical (unpaired) electrons. The zero-order chi connectivity index (χ0) is 18.2. The zero-order valence-electron chi connectivity index (χ0n) is 15.6. The molecule has 0 heterocycles. The Balaban J connectivity index is 2.39. The van der Waals surface area contributed by atoms with Crippen LogP contribution in [0, 0.1) is 12.8 Å². The van der Waals surface area contributed by atoms with Crippen molar-refractivity contribution in [2.24, 2.45) is 5.92 Å². The Morgan fingerprint density at radius 3 is 2.71 bits per heavy atom. The van der Waals surface area contributed by atoms with Gasteiger partial charge in [-0.15, -0.1) is 0 Å². The van der Waals surface area contributed by atoms with Crippen LogP contribution in [0.5, 0.6) is 5.75 Å². The number of anilines is 1. The van der Waals surface area contributed by atoms with Crippen molar-refractivity contribution in [3.63, 3.8) is 0 Å². The van der Waals surface area contributed by atoms with Crippen molar-refractivity contribution in [2.45, 2.75) is 59.5 Å². The van der Waals surface area contributed by atoms with Gasteiger partial charge in [0.1, 0.15) is 11.4 Å². The molecule has 1 rings (SSSR count). The lowest BCUT2D eigenvalue weighted by Crippen LogP contribution is -2.23. The lowest BCUT2D eigenvalue weighted by Gasteiger charge is -2.20. The highest BCUT2D eigenvalue weighted by atomic mass is 16.6. The van der Waals surface area contributed by atoms with Crippen molar-refractivity contribution in [2.75, 3.05) is 11.9 Å². The summed E-state index contributed by atoms with van der Waals surface area (Å²) in [5, 5.41) is 3.08. The zero-order valence-corrected chi connectivity index (χ0v) is 15.6. The number of hydrogen-bond donors (Lipinski definition) is 1. The molecule has 1 aromatic carbocycles. The molecule has 0 amide bonds. The summed E-state index contributed by atoms with van der Waals surface area (Å²) in [5.41, 5.74) is 1.65. The van der Waals surface area contributed by atoms with Crippen LogP contribution in [0.4, 0.5) is 5.69 Å². The van der Waals surface area contributed by atoms with Gasteiger partial charge in [-0.3, -0.25) is 4.79 Å². The minimum absolute atomic E-state index is 0.133. The average molecular weight is 333 g/mol. The van der Waals surface area contributed by atoms with Crippen LogP contribution in [0.15, 0.2) is 31.0 Å². The Hall–Kier alpha value is -1.97. The number of rotatable bonds is 9. The Kier molecular flexibility index (Phi) is 7.83. The number of benzene rings is 1. The molecule has 24 heavy (non-hydrogen) atoms. The van der Waals surface area contributed by atoms with Crippen LogP contribution in [-0.4, -0.2) is 18.2 Å². The first-order valence-corrected chi connectivity index (χ1v) is 8.54. The molecule has 0 saturated heterocycles. The molecule has 0 aromatic heterocycles. The van der Waals surface area contributed by atoms with E-state index in [-0.39, 0.29) is 5.97 Å². The van der Waals surface area contributed by atoms with Crippen molar-refractivity contribution in [3.8, 4) is 5.75 Å². The van der Waals surface area contributed by atoms with Gasteiger partial charge in [0.05, 0.1) is 12.3 Å². The van der Waals surface area contributed by atoms with Crippen LogP contribution < -0.4 is 10.1 Å². The third-order valence-corrected chi connectivity index (χ3v) is 3.42. The van der Waals surface area contributed by atoms with E-state index >= 15 is 0 Å². The summed E-state index contributed by atoms with van der Waals surface area (Å²) in [6.07, 6.45) is 3.83. The van der Waals surface area contributed by atoms with Crippen LogP contribution in [0.25, 0.3) is 0 Å². The Morgan fingerprint density at radius 1 is 1.38 bits per heavy atom. The highest BCUT2D eigenvalue weighted by Crippen LogP contribution is 2.26. The number of carbonyl (C=O) groups is 1. The highest BCUT2D eigenvalue weighted by Gasteiger charge is 2.16. The quantitative estimate of drug-likeness (QED) is 0.640. The standard InChI is InChI=1S/C20H31NO3/c1-7-21-17-12-11-15(2)13-18(17)23-14-16(3)9-8-10-19(22)24-20(4,5)6/h7,11-13,16,21H,1,8-10,14H2,2-6H3/t16-/m0/s1. The molecule has 134 valence electrons. The number of carbonyl (C=O) groups excluding carboxylic acids is 1. The first kappa shape index (κ1) is 20.1. The molecular weight excluding hydrogens is 302 g/mol. The second kappa shape index (κ2) is 9.36. The number of aryl methyl sites for hydroxylation is 1. The van der Waals surface area contributed by atoms with Gasteiger partial charge in [-0.2, -0.15) is 0 Å². The molecular formula is C20H31NO3. The van der Waals surface area contributed by atoms with Crippen LogP contribution in [0.3, 0.4) is 0 Å². The van der Waals surface area contributed by atoms with Gasteiger partial charge in [0.25, 0.3) is 0 Å². The molecule has 0 aliphatic rings. The molecule has 1 atom stereocenters. The van der Waals surface area contributed by atoms with Crippen LogP contribution >= 0.6 is 0 Å². The van der Waals surface area contributed by atoms with Gasteiger partial charge in [-0.1, -0.05) is 19.6 Å². The summed E-state index contributed by atoms with van der Waals surface area (Å²) in [6, 6.07) is 6.03. The maximum atomic E-state index is 11.7. The van der Waals surface area contributed by atoms with Gasteiger partial charge in [0.15, 0.2) is 0 Å². The van der Waals surface area contributed by atoms with Crippen LogP contribution in [-0.2, 0) is 9.53 Å². The summed E-state index contributed by atoms with van der Waals surface area (Å²) in [7, 11) is 0. The Bertz CT molecular complexity index is 546. The molecule has 0 fully saturated rings. The molecule has 4 nitrogen and oxygen atoms in total. The molecule has 0 bridgehead atoms. The van der Waals surface area contributed by atoms with Crippen LogP contribution in [0.1, 0.15) is 52.5 Å². The van der Waals surface area contributed by atoms with E-state index < -0.39 is 5.60 Å². The van der Waals surface area contributed by atoms with E-state index in [9.17, 15) is 4.79 Å².